The van der Waals surface area contributed by atoms with Crippen LogP contribution in [0, 0.1) is 17.9 Å². The molecule has 0 aliphatic carbocycles. The van der Waals surface area contributed by atoms with Gasteiger partial charge in [-0.2, -0.15) is 5.10 Å². The Morgan fingerprint density at radius 2 is 1.93 bits per heavy atom. The van der Waals surface area contributed by atoms with E-state index in [2.05, 4.69) is 67.1 Å². The molecule has 6 aromatic rings. The lowest BCUT2D eigenvalue weighted by atomic mass is 10.1. The van der Waals surface area contributed by atoms with Crippen molar-refractivity contribution in [1.82, 2.24) is 34.5 Å². The van der Waals surface area contributed by atoms with Crippen molar-refractivity contribution in [3.63, 3.8) is 0 Å². The highest BCUT2D eigenvalue weighted by molar-refractivity contribution is 5.94. The molecular weight excluding hydrogens is 543 g/mol. The minimum atomic E-state index is -0.429. The molecule has 10 heteroatoms. The summed E-state index contributed by atoms with van der Waals surface area (Å²) in [4.78, 5) is 11.3. The first-order chi connectivity index (χ1) is 21.1. The highest BCUT2D eigenvalue weighted by Gasteiger charge is 2.15. The van der Waals surface area contributed by atoms with Gasteiger partial charge < -0.3 is 20.3 Å². The summed E-state index contributed by atoms with van der Waals surface area (Å²) >= 11 is 0. The van der Waals surface area contributed by atoms with Crippen molar-refractivity contribution in [2.45, 2.75) is 19.2 Å². The Hall–Kier alpha value is -4.82. The van der Waals surface area contributed by atoms with Gasteiger partial charge in [-0.1, -0.05) is 18.2 Å². The van der Waals surface area contributed by atoms with E-state index in [1.165, 1.54) is 12.1 Å². The first-order valence-corrected chi connectivity index (χ1v) is 14.4. The first-order valence-electron chi connectivity index (χ1n) is 14.4. The topological polar surface area (TPSA) is 96.1 Å². The molecule has 1 atom stereocenters. The maximum atomic E-state index is 13.6. The lowest BCUT2D eigenvalue weighted by Gasteiger charge is -2.29. The van der Waals surface area contributed by atoms with Crippen molar-refractivity contribution in [3.8, 4) is 11.1 Å². The number of anilines is 2. The normalized spacial score (nSPS) is 14.7. The zero-order valence-corrected chi connectivity index (χ0v) is 23.5. The number of fused-ring (bicyclic) bond motifs is 2. The number of aromatic nitrogens is 5. The molecule has 1 aliphatic rings. The molecule has 43 heavy (non-hydrogen) atoms. The van der Waals surface area contributed by atoms with E-state index in [0.29, 0.717) is 31.0 Å². The van der Waals surface area contributed by atoms with Crippen LogP contribution in [0.25, 0.3) is 32.9 Å². The molecule has 0 saturated carbocycles. The van der Waals surface area contributed by atoms with Crippen LogP contribution in [0.5, 0.6) is 0 Å². The molecule has 3 aromatic carbocycles. The highest BCUT2D eigenvalue weighted by atomic mass is 19.1. The first kappa shape index (κ1) is 27.0. The largest absolute Gasteiger partial charge is 0.390 e. The smallest absolute Gasteiger partial charge is 0.141 e. The van der Waals surface area contributed by atoms with Gasteiger partial charge in [0.2, 0.25) is 0 Å². The molecular formula is C33H31FN8O. The average molecular weight is 575 g/mol. The number of aliphatic hydroxyl groups excluding tert-OH is 1. The third-order valence-electron chi connectivity index (χ3n) is 7.80. The van der Waals surface area contributed by atoms with Crippen LogP contribution in [0.3, 0.4) is 0 Å². The van der Waals surface area contributed by atoms with E-state index in [4.69, 9.17) is 0 Å². The molecule has 0 radical (unpaired) electrons. The van der Waals surface area contributed by atoms with E-state index < -0.39 is 6.10 Å². The second-order valence-electron chi connectivity index (χ2n) is 10.9. The number of nitrogens with one attached hydrogen (secondary N) is 2. The SMILES string of the molecule is OC(CN1CCNCC1)Cn1ccc(-c2ccc3ncnc(Nc4ccc5c(cnn5Cc5c#ccc(F)c5)c4)c3c2)c1. The van der Waals surface area contributed by atoms with Gasteiger partial charge in [0.1, 0.15) is 18.0 Å². The van der Waals surface area contributed by atoms with E-state index in [-0.39, 0.29) is 5.82 Å². The fourth-order valence-corrected chi connectivity index (χ4v) is 5.67. The van der Waals surface area contributed by atoms with Crippen LogP contribution >= 0.6 is 0 Å². The summed E-state index contributed by atoms with van der Waals surface area (Å²) in [6.07, 6.45) is 7.02. The van der Waals surface area contributed by atoms with E-state index >= 15 is 0 Å². The van der Waals surface area contributed by atoms with Crippen LogP contribution in [0.1, 0.15) is 5.56 Å². The van der Waals surface area contributed by atoms with Crippen LogP contribution in [-0.4, -0.2) is 73.1 Å². The second kappa shape index (κ2) is 11.8. The van der Waals surface area contributed by atoms with Crippen LogP contribution in [0.4, 0.5) is 15.9 Å². The predicted molar refractivity (Wildman–Crippen MR) is 164 cm³/mol. The maximum absolute atomic E-state index is 13.6. The van der Waals surface area contributed by atoms with Gasteiger partial charge in [0, 0.05) is 79.8 Å². The Balaban J connectivity index is 1.09. The van der Waals surface area contributed by atoms with Crippen molar-refractivity contribution in [1.29, 1.82) is 0 Å². The third kappa shape index (κ3) is 6.05. The van der Waals surface area contributed by atoms with Crippen molar-refractivity contribution in [3.05, 3.63) is 103 Å². The molecule has 3 N–H and O–H groups in total. The van der Waals surface area contributed by atoms with Gasteiger partial charge >= 0.3 is 0 Å². The number of aliphatic hydroxyl groups is 1. The monoisotopic (exact) mass is 574 g/mol. The number of β-amino-alcohol motifs (C(OH)–C–C–N with tert-alkyl or cyclic N) is 1. The standard InChI is InChI=1S/C33H31FN8O/c34-27-3-1-2-23(14-27)18-42-32-7-5-28(15-26(32)17-38-42)39-33-30-16-24(4-6-31(30)36-22-37-33)25-8-11-41(19-25)21-29(43)20-40-12-9-35-10-13-40/h3-8,11,14-17,19,22,29,35,43H,9-10,12-13,18,20-21H2,(H,36,37,39). The number of rotatable bonds is 9. The lowest BCUT2D eigenvalue weighted by Crippen LogP contribution is -2.46. The summed E-state index contributed by atoms with van der Waals surface area (Å²) in [5.41, 5.74) is 5.42. The predicted octanol–water partition coefficient (Wildman–Crippen LogP) is 4.25. The zero-order valence-electron chi connectivity index (χ0n) is 23.5. The summed E-state index contributed by atoms with van der Waals surface area (Å²) in [7, 11) is 0. The summed E-state index contributed by atoms with van der Waals surface area (Å²) in [5, 5.41) is 23.8. The van der Waals surface area contributed by atoms with Gasteiger partial charge in [-0.15, -0.1) is 0 Å². The third-order valence-corrected chi connectivity index (χ3v) is 7.80. The molecule has 1 saturated heterocycles. The van der Waals surface area contributed by atoms with E-state index in [1.54, 1.807) is 12.5 Å². The quantitative estimate of drug-likeness (QED) is 0.238. The number of halogens is 1. The van der Waals surface area contributed by atoms with Crippen molar-refractivity contribution < 1.29 is 9.50 Å². The molecule has 9 nitrogen and oxygen atoms in total. The Kier molecular flexibility index (Phi) is 7.43. The Labute approximate surface area is 248 Å². The van der Waals surface area contributed by atoms with E-state index in [9.17, 15) is 9.50 Å². The summed E-state index contributed by atoms with van der Waals surface area (Å²) in [5.74, 6) is 0.365. The van der Waals surface area contributed by atoms with Gasteiger partial charge in [-0.05, 0) is 53.6 Å². The summed E-state index contributed by atoms with van der Waals surface area (Å²) < 4.78 is 17.5. The van der Waals surface area contributed by atoms with Crippen molar-refractivity contribution in [2.75, 3.05) is 38.0 Å². The maximum Gasteiger partial charge on any atom is 0.141 e. The molecule has 1 fully saturated rings. The molecule has 1 aliphatic heterocycles. The fourth-order valence-electron chi connectivity index (χ4n) is 5.67. The number of piperazine rings is 1. The van der Waals surface area contributed by atoms with Gasteiger partial charge in [-0.3, -0.25) is 9.58 Å². The lowest BCUT2D eigenvalue weighted by molar-refractivity contribution is 0.0919. The molecule has 3 aromatic heterocycles. The molecule has 0 bridgehead atoms. The average Bonchev–Trinajstić information content (AvgIpc) is 3.64. The molecule has 4 heterocycles. The van der Waals surface area contributed by atoms with E-state index in [0.717, 1.165) is 64.8 Å². The number of nitrogens with zero attached hydrogens (tertiary/aromatic N) is 6. The molecule has 0 amide bonds. The Morgan fingerprint density at radius 1 is 1.02 bits per heavy atom. The van der Waals surface area contributed by atoms with Crippen LogP contribution in [-0.2, 0) is 13.1 Å². The molecule has 7 rings (SSSR count). The molecule has 0 spiro atoms. The summed E-state index contributed by atoms with van der Waals surface area (Å²) in [6.45, 7) is 5.50. The second-order valence-corrected chi connectivity index (χ2v) is 10.9. The van der Waals surface area contributed by atoms with Gasteiger partial charge in [0.25, 0.3) is 0 Å². The van der Waals surface area contributed by atoms with Crippen molar-refractivity contribution >= 4 is 33.3 Å². The van der Waals surface area contributed by atoms with Crippen molar-refractivity contribution in [2.24, 2.45) is 0 Å². The Bertz CT molecular complexity index is 1880. The minimum absolute atomic E-state index is 0.338. The number of hydrogen-bond acceptors (Lipinski definition) is 7. The fraction of sp³-hybridized carbons (Fsp3) is 0.242. The van der Waals surface area contributed by atoms with Crippen LogP contribution < -0.4 is 10.6 Å². The minimum Gasteiger partial charge on any atom is -0.390 e. The highest BCUT2D eigenvalue weighted by Crippen LogP contribution is 2.30. The number of hydrogen-bond donors (Lipinski definition) is 3. The van der Waals surface area contributed by atoms with Gasteiger partial charge in [0.15, 0.2) is 0 Å². The summed E-state index contributed by atoms with van der Waals surface area (Å²) in [6, 6.07) is 22.6. The number of benzene rings is 2. The van der Waals surface area contributed by atoms with Gasteiger partial charge in [-0.25, -0.2) is 14.4 Å². The Morgan fingerprint density at radius 3 is 2.81 bits per heavy atom. The van der Waals surface area contributed by atoms with Crippen LogP contribution in [0.2, 0.25) is 0 Å². The molecule has 216 valence electrons. The van der Waals surface area contributed by atoms with Gasteiger partial charge in [0.05, 0.1) is 29.9 Å². The van der Waals surface area contributed by atoms with Crippen LogP contribution in [0.15, 0.2) is 79.5 Å². The van der Waals surface area contributed by atoms with E-state index in [1.807, 2.05) is 39.7 Å². The molecule has 1 unspecified atom stereocenters. The zero-order chi connectivity index (χ0) is 29.2.